The van der Waals surface area contributed by atoms with Gasteiger partial charge in [-0.05, 0) is 31.5 Å². The predicted octanol–water partition coefficient (Wildman–Crippen LogP) is 2.67. The van der Waals surface area contributed by atoms with Crippen LogP contribution in [0.3, 0.4) is 0 Å². The number of esters is 2. The molecule has 6 heteroatoms. The Morgan fingerprint density at radius 3 is 1.95 bits per heavy atom. The molecule has 0 aliphatic carbocycles. The standard InChI is InChI=1S/C16H22O5S/c1-16(2,13(14(17)20-4)15(18)21-5)22-10-11-6-8-12(19-3)9-7-11/h6-9,13H,10H2,1-5H3. The summed E-state index contributed by atoms with van der Waals surface area (Å²) in [7, 11) is 4.15. The van der Waals surface area contributed by atoms with Crippen LogP contribution in [-0.4, -0.2) is 38.0 Å². The van der Waals surface area contributed by atoms with Crippen molar-refractivity contribution in [2.45, 2.75) is 24.3 Å². The Hall–Kier alpha value is -1.69. The summed E-state index contributed by atoms with van der Waals surface area (Å²) >= 11 is 1.50. The third kappa shape index (κ3) is 4.66. The molecular weight excluding hydrogens is 304 g/mol. The molecule has 0 aliphatic rings. The van der Waals surface area contributed by atoms with E-state index in [0.717, 1.165) is 11.3 Å². The lowest BCUT2D eigenvalue weighted by Gasteiger charge is -2.29. The van der Waals surface area contributed by atoms with Crippen molar-refractivity contribution in [2.24, 2.45) is 5.92 Å². The molecule has 1 aromatic carbocycles. The minimum atomic E-state index is -0.967. The molecule has 22 heavy (non-hydrogen) atoms. The molecule has 0 radical (unpaired) electrons. The second-order valence-electron chi connectivity index (χ2n) is 5.22. The lowest BCUT2D eigenvalue weighted by molar-refractivity contribution is -0.159. The molecule has 0 heterocycles. The second kappa shape index (κ2) is 8.08. The summed E-state index contributed by atoms with van der Waals surface area (Å²) in [6.07, 6.45) is 0. The summed E-state index contributed by atoms with van der Waals surface area (Å²) in [4.78, 5) is 23.8. The smallest absolute Gasteiger partial charge is 0.321 e. The monoisotopic (exact) mass is 326 g/mol. The maximum atomic E-state index is 11.9. The molecule has 0 saturated heterocycles. The van der Waals surface area contributed by atoms with E-state index >= 15 is 0 Å². The number of methoxy groups -OCH3 is 3. The van der Waals surface area contributed by atoms with Crippen molar-refractivity contribution >= 4 is 23.7 Å². The molecule has 0 saturated carbocycles. The van der Waals surface area contributed by atoms with E-state index in [-0.39, 0.29) is 0 Å². The van der Waals surface area contributed by atoms with E-state index in [2.05, 4.69) is 0 Å². The lowest BCUT2D eigenvalue weighted by Crippen LogP contribution is -2.41. The van der Waals surface area contributed by atoms with Gasteiger partial charge in [-0.3, -0.25) is 9.59 Å². The van der Waals surface area contributed by atoms with Gasteiger partial charge in [-0.1, -0.05) is 12.1 Å². The van der Waals surface area contributed by atoms with Crippen molar-refractivity contribution in [1.82, 2.24) is 0 Å². The lowest BCUT2D eigenvalue weighted by atomic mass is 9.95. The largest absolute Gasteiger partial charge is 0.497 e. The van der Waals surface area contributed by atoms with Gasteiger partial charge in [-0.25, -0.2) is 0 Å². The van der Waals surface area contributed by atoms with E-state index in [1.807, 2.05) is 38.1 Å². The zero-order chi connectivity index (χ0) is 16.8. The fraction of sp³-hybridized carbons (Fsp3) is 0.500. The predicted molar refractivity (Wildman–Crippen MR) is 85.9 cm³/mol. The average molecular weight is 326 g/mol. The third-order valence-corrected chi connectivity index (χ3v) is 4.80. The van der Waals surface area contributed by atoms with E-state index in [9.17, 15) is 9.59 Å². The van der Waals surface area contributed by atoms with Crippen LogP contribution in [0.25, 0.3) is 0 Å². The first-order valence-electron chi connectivity index (χ1n) is 6.78. The Balaban J connectivity index is 2.81. The van der Waals surface area contributed by atoms with Gasteiger partial charge in [0, 0.05) is 10.5 Å². The van der Waals surface area contributed by atoms with E-state index in [1.165, 1.54) is 26.0 Å². The van der Waals surface area contributed by atoms with Crippen molar-refractivity contribution in [3.05, 3.63) is 29.8 Å². The number of benzene rings is 1. The van der Waals surface area contributed by atoms with Gasteiger partial charge in [-0.2, -0.15) is 0 Å². The van der Waals surface area contributed by atoms with E-state index < -0.39 is 22.6 Å². The minimum absolute atomic E-state index is 0.584. The molecule has 0 fully saturated rings. The Morgan fingerprint density at radius 1 is 1.05 bits per heavy atom. The minimum Gasteiger partial charge on any atom is -0.497 e. The Bertz CT molecular complexity index is 494. The molecule has 0 aliphatic heterocycles. The van der Waals surface area contributed by atoms with Crippen LogP contribution < -0.4 is 4.74 Å². The van der Waals surface area contributed by atoms with Gasteiger partial charge in [0.2, 0.25) is 0 Å². The molecule has 1 aromatic rings. The molecule has 5 nitrogen and oxygen atoms in total. The molecule has 1 rings (SSSR count). The van der Waals surface area contributed by atoms with Crippen LogP contribution in [0, 0.1) is 5.92 Å². The van der Waals surface area contributed by atoms with E-state index in [1.54, 1.807) is 7.11 Å². The second-order valence-corrected chi connectivity index (χ2v) is 6.85. The van der Waals surface area contributed by atoms with Crippen LogP contribution in [0.2, 0.25) is 0 Å². The summed E-state index contributed by atoms with van der Waals surface area (Å²) < 4.78 is 13.9. The maximum absolute atomic E-state index is 11.9. The van der Waals surface area contributed by atoms with Crippen molar-refractivity contribution in [3.63, 3.8) is 0 Å². The van der Waals surface area contributed by atoms with Gasteiger partial charge in [-0.15, -0.1) is 11.8 Å². The van der Waals surface area contributed by atoms with Gasteiger partial charge in [0.1, 0.15) is 5.75 Å². The first kappa shape index (κ1) is 18.4. The van der Waals surface area contributed by atoms with Gasteiger partial charge < -0.3 is 14.2 Å². The highest BCUT2D eigenvalue weighted by atomic mass is 32.2. The SMILES string of the molecule is COC(=O)C(C(=O)OC)C(C)(C)SCc1ccc(OC)cc1. The zero-order valence-corrected chi connectivity index (χ0v) is 14.4. The molecule has 0 atom stereocenters. The normalized spacial score (nSPS) is 11.2. The highest BCUT2D eigenvalue weighted by Gasteiger charge is 2.43. The van der Waals surface area contributed by atoms with Crippen molar-refractivity contribution < 1.29 is 23.8 Å². The molecule has 0 spiro atoms. The van der Waals surface area contributed by atoms with Crippen LogP contribution in [0.15, 0.2) is 24.3 Å². The summed E-state index contributed by atoms with van der Waals surface area (Å²) in [5.41, 5.74) is 1.08. The Kier molecular flexibility index (Phi) is 6.74. The van der Waals surface area contributed by atoms with Crippen LogP contribution in [-0.2, 0) is 24.8 Å². The molecule has 0 bridgehead atoms. The molecule has 0 N–H and O–H groups in total. The zero-order valence-electron chi connectivity index (χ0n) is 13.5. The van der Waals surface area contributed by atoms with Gasteiger partial charge >= 0.3 is 11.9 Å². The average Bonchev–Trinajstić information content (AvgIpc) is 2.52. The topological polar surface area (TPSA) is 61.8 Å². The van der Waals surface area contributed by atoms with Gasteiger partial charge in [0.15, 0.2) is 5.92 Å². The van der Waals surface area contributed by atoms with Crippen LogP contribution >= 0.6 is 11.8 Å². The number of ether oxygens (including phenoxy) is 3. The van der Waals surface area contributed by atoms with Crippen LogP contribution in [0.1, 0.15) is 19.4 Å². The first-order valence-corrected chi connectivity index (χ1v) is 7.76. The summed E-state index contributed by atoms with van der Waals surface area (Å²) in [6.45, 7) is 3.67. The van der Waals surface area contributed by atoms with E-state index in [0.29, 0.717) is 5.75 Å². The summed E-state index contributed by atoms with van der Waals surface area (Å²) in [5, 5.41) is 0. The van der Waals surface area contributed by atoms with Crippen molar-refractivity contribution in [2.75, 3.05) is 21.3 Å². The Labute approximate surface area is 135 Å². The molecule has 0 unspecified atom stereocenters. The number of carbonyl (C=O) groups is 2. The van der Waals surface area contributed by atoms with Crippen molar-refractivity contribution in [1.29, 1.82) is 0 Å². The van der Waals surface area contributed by atoms with E-state index in [4.69, 9.17) is 14.2 Å². The summed E-state index contributed by atoms with van der Waals surface area (Å²) in [6, 6.07) is 7.66. The first-order chi connectivity index (χ1) is 10.4. The fourth-order valence-electron chi connectivity index (χ4n) is 1.97. The number of carbonyl (C=O) groups excluding carboxylic acids is 2. The number of rotatable bonds is 7. The molecular formula is C16H22O5S. The number of hydrogen-bond donors (Lipinski definition) is 0. The highest BCUT2D eigenvalue weighted by molar-refractivity contribution is 7.99. The Morgan fingerprint density at radius 2 is 1.55 bits per heavy atom. The third-order valence-electron chi connectivity index (χ3n) is 3.34. The fourth-order valence-corrected chi connectivity index (χ4v) is 3.06. The van der Waals surface area contributed by atoms with Crippen LogP contribution in [0.5, 0.6) is 5.75 Å². The molecule has 0 aromatic heterocycles. The van der Waals surface area contributed by atoms with Gasteiger partial charge in [0.05, 0.1) is 21.3 Å². The molecule has 0 amide bonds. The quantitative estimate of drug-likeness (QED) is 0.567. The van der Waals surface area contributed by atoms with Crippen LogP contribution in [0.4, 0.5) is 0 Å². The van der Waals surface area contributed by atoms with Gasteiger partial charge in [0.25, 0.3) is 0 Å². The summed E-state index contributed by atoms with van der Waals surface area (Å²) in [5.74, 6) is -0.694. The number of hydrogen-bond acceptors (Lipinski definition) is 6. The van der Waals surface area contributed by atoms with Crippen molar-refractivity contribution in [3.8, 4) is 5.75 Å². The molecule has 122 valence electrons. The number of thioether (sulfide) groups is 1. The maximum Gasteiger partial charge on any atom is 0.321 e. The highest BCUT2D eigenvalue weighted by Crippen LogP contribution is 2.36.